The maximum Gasteiger partial charge on any atom is 0.243 e. The minimum Gasteiger partial charge on any atom is -0.354 e. The van der Waals surface area contributed by atoms with Gasteiger partial charge in [0.15, 0.2) is 0 Å². The van der Waals surface area contributed by atoms with E-state index >= 15 is 0 Å². The number of benzene rings is 3. The second-order valence-electron chi connectivity index (χ2n) is 10.3. The number of nitrogens with zero attached hydrogens (tertiary/aromatic N) is 2. The molecule has 9 heteroatoms. The highest BCUT2D eigenvalue weighted by Gasteiger charge is 2.31. The van der Waals surface area contributed by atoms with Gasteiger partial charge in [0.25, 0.3) is 0 Å². The number of hydrogen-bond acceptors (Lipinski definition) is 4. The summed E-state index contributed by atoms with van der Waals surface area (Å²) in [6.45, 7) is 6.13. The monoisotopic (exact) mass is 581 g/mol. The van der Waals surface area contributed by atoms with Crippen molar-refractivity contribution in [3.8, 4) is 0 Å². The van der Waals surface area contributed by atoms with Crippen LogP contribution in [0.25, 0.3) is 0 Å². The molecule has 0 radical (unpaired) electrons. The van der Waals surface area contributed by atoms with Crippen LogP contribution in [-0.2, 0) is 32.6 Å². The Balaban J connectivity index is 1.90. The summed E-state index contributed by atoms with van der Waals surface area (Å²) in [5.74, 6) is -1.13. The molecular weight excluding hydrogens is 541 g/mol. The fourth-order valence-electron chi connectivity index (χ4n) is 4.70. The third kappa shape index (κ3) is 9.14. The Labute approximate surface area is 243 Å². The average molecular weight is 582 g/mol. The predicted octanol–water partition coefficient (Wildman–Crippen LogP) is 5.16. The third-order valence-corrected chi connectivity index (χ3v) is 8.08. The van der Waals surface area contributed by atoms with E-state index in [-0.39, 0.29) is 44.2 Å². The number of sulfonamides is 1. The Bertz CT molecular complexity index is 1430. The Kier molecular flexibility index (Phi) is 11.5. The average Bonchev–Trinajstić information content (AvgIpc) is 2.94. The lowest BCUT2D eigenvalue weighted by molar-refractivity contribution is -0.141. The smallest absolute Gasteiger partial charge is 0.243 e. The van der Waals surface area contributed by atoms with E-state index < -0.39 is 21.9 Å². The van der Waals surface area contributed by atoms with Gasteiger partial charge in [-0.25, -0.2) is 12.8 Å². The van der Waals surface area contributed by atoms with Crippen LogP contribution in [0.1, 0.15) is 48.4 Å². The summed E-state index contributed by atoms with van der Waals surface area (Å²) in [7, 11) is -3.62. The number of halogens is 1. The van der Waals surface area contributed by atoms with Gasteiger partial charge in [-0.3, -0.25) is 13.9 Å². The van der Waals surface area contributed by atoms with Crippen molar-refractivity contribution in [2.45, 2.75) is 59.0 Å². The van der Waals surface area contributed by atoms with Gasteiger partial charge in [-0.1, -0.05) is 67.6 Å². The molecular formula is C32H40FN3O4S. The molecule has 0 aliphatic carbocycles. The third-order valence-electron chi connectivity index (χ3n) is 6.90. The molecule has 0 saturated carbocycles. The maximum absolute atomic E-state index is 14.7. The number of hydrogen-bond donors (Lipinski definition) is 1. The van der Waals surface area contributed by atoms with Gasteiger partial charge in [-0.05, 0) is 55.5 Å². The van der Waals surface area contributed by atoms with E-state index in [0.29, 0.717) is 17.8 Å². The van der Waals surface area contributed by atoms with Crippen molar-refractivity contribution in [1.82, 2.24) is 10.2 Å². The van der Waals surface area contributed by atoms with Gasteiger partial charge in [0, 0.05) is 38.0 Å². The molecule has 220 valence electrons. The first kappa shape index (κ1) is 31.8. The van der Waals surface area contributed by atoms with Crippen LogP contribution in [0.15, 0.2) is 72.8 Å². The van der Waals surface area contributed by atoms with Gasteiger partial charge in [-0.15, -0.1) is 0 Å². The first-order chi connectivity index (χ1) is 19.5. The molecule has 0 spiro atoms. The van der Waals surface area contributed by atoms with Crippen LogP contribution < -0.4 is 9.62 Å². The molecule has 7 nitrogen and oxygen atoms in total. The van der Waals surface area contributed by atoms with Gasteiger partial charge in [-0.2, -0.15) is 0 Å². The van der Waals surface area contributed by atoms with E-state index in [1.165, 1.54) is 15.3 Å². The number of rotatable bonds is 14. The van der Waals surface area contributed by atoms with Gasteiger partial charge in [0.1, 0.15) is 11.9 Å². The Morgan fingerprint density at radius 1 is 0.976 bits per heavy atom. The summed E-state index contributed by atoms with van der Waals surface area (Å²) in [5.41, 5.74) is 3.48. The molecule has 0 aromatic heterocycles. The summed E-state index contributed by atoms with van der Waals surface area (Å²) < 4.78 is 41.5. The zero-order valence-electron chi connectivity index (χ0n) is 24.3. The highest BCUT2D eigenvalue weighted by Crippen LogP contribution is 2.25. The summed E-state index contributed by atoms with van der Waals surface area (Å²) in [6, 6.07) is 20.3. The minimum atomic E-state index is -3.62. The largest absolute Gasteiger partial charge is 0.354 e. The molecule has 0 bridgehead atoms. The number of aryl methyl sites for hydroxylation is 2. The standard InChI is InChI=1S/C32H40FN3O4S/c1-5-19-34-32(38)30(22-26-12-7-6-8-13-26)35(23-27-14-9-10-15-28(27)33)31(37)16-11-20-36(41(4,39)40)29-21-24(2)17-18-25(29)3/h6-10,12-15,17-18,21,30H,5,11,16,19-20,22-23H2,1-4H3,(H,34,38)/t30-/m0/s1. The normalized spacial score (nSPS) is 12.0. The van der Waals surface area contributed by atoms with Crippen LogP contribution in [0.2, 0.25) is 0 Å². The lowest BCUT2D eigenvalue weighted by Gasteiger charge is -2.32. The van der Waals surface area contributed by atoms with Gasteiger partial charge in [0.2, 0.25) is 21.8 Å². The number of carbonyl (C=O) groups is 2. The second-order valence-corrected chi connectivity index (χ2v) is 12.2. The van der Waals surface area contributed by atoms with Crippen LogP contribution in [0, 0.1) is 19.7 Å². The lowest BCUT2D eigenvalue weighted by Crippen LogP contribution is -2.50. The second kappa shape index (κ2) is 14.8. The Hall–Kier alpha value is -3.72. The Morgan fingerprint density at radius 3 is 2.32 bits per heavy atom. The van der Waals surface area contributed by atoms with E-state index in [4.69, 9.17) is 0 Å². The highest BCUT2D eigenvalue weighted by atomic mass is 32.2. The number of nitrogens with one attached hydrogen (secondary N) is 1. The first-order valence-electron chi connectivity index (χ1n) is 13.9. The van der Waals surface area contributed by atoms with Crippen molar-refractivity contribution < 1.29 is 22.4 Å². The minimum absolute atomic E-state index is 0.0162. The molecule has 0 aliphatic rings. The molecule has 0 aliphatic heterocycles. The molecule has 0 fully saturated rings. The first-order valence-corrected chi connectivity index (χ1v) is 15.8. The summed E-state index contributed by atoms with van der Waals surface area (Å²) in [4.78, 5) is 28.7. The fraction of sp³-hybridized carbons (Fsp3) is 0.375. The van der Waals surface area contributed by atoms with E-state index in [1.54, 1.807) is 18.2 Å². The molecule has 2 amide bonds. The molecule has 1 N–H and O–H groups in total. The fourth-order valence-corrected chi connectivity index (χ4v) is 5.72. The van der Waals surface area contributed by atoms with Crippen molar-refractivity contribution in [1.29, 1.82) is 0 Å². The van der Waals surface area contributed by atoms with Gasteiger partial charge < -0.3 is 10.2 Å². The van der Waals surface area contributed by atoms with Crippen molar-refractivity contribution >= 4 is 27.5 Å². The highest BCUT2D eigenvalue weighted by molar-refractivity contribution is 7.92. The quantitative estimate of drug-likeness (QED) is 0.285. The molecule has 0 saturated heterocycles. The number of amides is 2. The van der Waals surface area contributed by atoms with Crippen molar-refractivity contribution in [2.75, 3.05) is 23.7 Å². The predicted molar refractivity (Wildman–Crippen MR) is 162 cm³/mol. The van der Waals surface area contributed by atoms with E-state index in [1.807, 2.05) is 69.3 Å². The molecule has 3 aromatic carbocycles. The van der Waals surface area contributed by atoms with Crippen LogP contribution in [0.4, 0.5) is 10.1 Å². The van der Waals surface area contributed by atoms with Crippen LogP contribution in [-0.4, -0.2) is 50.5 Å². The molecule has 41 heavy (non-hydrogen) atoms. The molecule has 3 aromatic rings. The van der Waals surface area contributed by atoms with E-state index in [0.717, 1.165) is 29.4 Å². The van der Waals surface area contributed by atoms with E-state index in [9.17, 15) is 22.4 Å². The van der Waals surface area contributed by atoms with Gasteiger partial charge in [0.05, 0.1) is 11.9 Å². The topological polar surface area (TPSA) is 86.8 Å². The maximum atomic E-state index is 14.7. The van der Waals surface area contributed by atoms with Gasteiger partial charge >= 0.3 is 0 Å². The van der Waals surface area contributed by atoms with Crippen molar-refractivity contribution in [2.24, 2.45) is 0 Å². The van der Waals surface area contributed by atoms with Crippen LogP contribution in [0.3, 0.4) is 0 Å². The molecule has 1 atom stereocenters. The van der Waals surface area contributed by atoms with Crippen molar-refractivity contribution in [3.63, 3.8) is 0 Å². The van der Waals surface area contributed by atoms with E-state index in [2.05, 4.69) is 5.32 Å². The molecule has 3 rings (SSSR count). The summed E-state index contributed by atoms with van der Waals surface area (Å²) >= 11 is 0. The number of anilines is 1. The summed E-state index contributed by atoms with van der Waals surface area (Å²) in [6.07, 6.45) is 2.34. The zero-order chi connectivity index (χ0) is 30.0. The summed E-state index contributed by atoms with van der Waals surface area (Å²) in [5, 5.41) is 2.90. The van der Waals surface area contributed by atoms with Crippen molar-refractivity contribution in [3.05, 3.63) is 101 Å². The number of carbonyl (C=O) groups excluding carboxylic acids is 2. The van der Waals surface area contributed by atoms with Crippen LogP contribution >= 0.6 is 0 Å². The van der Waals surface area contributed by atoms with Crippen LogP contribution in [0.5, 0.6) is 0 Å². The Morgan fingerprint density at radius 2 is 1.66 bits per heavy atom. The zero-order valence-corrected chi connectivity index (χ0v) is 25.1. The SMILES string of the molecule is CCCNC(=O)[C@H](Cc1ccccc1)N(Cc1ccccc1F)C(=O)CCCN(c1cc(C)ccc1C)S(C)(=O)=O. The lowest BCUT2D eigenvalue weighted by atomic mass is 10.0. The molecule has 0 unspecified atom stereocenters. The molecule has 0 heterocycles.